The molecule has 2 heterocycles. The van der Waals surface area contributed by atoms with Gasteiger partial charge in [-0.05, 0) is 73.1 Å². The van der Waals surface area contributed by atoms with Crippen molar-refractivity contribution in [3.05, 3.63) is 46.2 Å². The second kappa shape index (κ2) is 12.1. The van der Waals surface area contributed by atoms with Gasteiger partial charge in [-0.3, -0.25) is 0 Å². The lowest BCUT2D eigenvalue weighted by Gasteiger charge is -2.30. The van der Waals surface area contributed by atoms with Gasteiger partial charge in [0, 0.05) is 20.1 Å². The molecule has 0 aromatic rings. The van der Waals surface area contributed by atoms with Crippen LogP contribution in [0.1, 0.15) is 79.6 Å². The van der Waals surface area contributed by atoms with E-state index >= 15 is 0 Å². The molecule has 168 valence electrons. The average Bonchev–Trinajstić information content (AvgIpc) is 3.24. The molecular weight excluding hydrogens is 374 g/mol. The van der Waals surface area contributed by atoms with E-state index in [1.54, 1.807) is 7.11 Å². The summed E-state index contributed by atoms with van der Waals surface area (Å²) in [6.07, 6.45) is 14.1. The number of hydrogen-bond donors (Lipinski definition) is 0. The summed E-state index contributed by atoms with van der Waals surface area (Å²) in [7, 11) is 1.75. The third-order valence-corrected chi connectivity index (χ3v) is 6.09. The topological polar surface area (TPSA) is 38.8 Å². The van der Waals surface area contributed by atoms with Gasteiger partial charge < -0.3 is 14.4 Å². The molecule has 2 atom stereocenters. The summed E-state index contributed by atoms with van der Waals surface area (Å²) in [5.74, 6) is -0.168. The van der Waals surface area contributed by atoms with E-state index in [0.29, 0.717) is 12.6 Å². The van der Waals surface area contributed by atoms with Crippen molar-refractivity contribution < 1.29 is 14.3 Å². The van der Waals surface area contributed by atoms with Crippen molar-refractivity contribution in [3.8, 4) is 0 Å². The van der Waals surface area contributed by atoms with Gasteiger partial charge in [-0.2, -0.15) is 0 Å². The first kappa shape index (κ1) is 24.5. The van der Waals surface area contributed by atoms with Gasteiger partial charge in [-0.1, -0.05) is 34.9 Å². The van der Waals surface area contributed by atoms with Gasteiger partial charge in [0.1, 0.15) is 6.10 Å². The van der Waals surface area contributed by atoms with Crippen molar-refractivity contribution >= 4 is 5.97 Å². The first-order chi connectivity index (χ1) is 14.3. The van der Waals surface area contributed by atoms with Crippen LogP contribution in [0, 0.1) is 0 Å². The smallest absolute Gasteiger partial charge is 0.336 e. The molecule has 0 aromatic carbocycles. The third-order valence-electron chi connectivity index (χ3n) is 6.09. The van der Waals surface area contributed by atoms with Crippen LogP contribution in [0.4, 0.5) is 0 Å². The van der Waals surface area contributed by atoms with E-state index in [9.17, 15) is 4.79 Å². The molecule has 1 fully saturated rings. The molecule has 0 aliphatic carbocycles. The molecule has 4 nitrogen and oxygen atoms in total. The molecule has 0 amide bonds. The highest BCUT2D eigenvalue weighted by Gasteiger charge is 2.38. The molecule has 30 heavy (non-hydrogen) atoms. The Labute approximate surface area is 183 Å². The molecule has 0 N–H and O–H groups in total. The van der Waals surface area contributed by atoms with Crippen LogP contribution in [0.15, 0.2) is 46.2 Å². The summed E-state index contributed by atoms with van der Waals surface area (Å²) in [6, 6.07) is 0.349. The van der Waals surface area contributed by atoms with Crippen molar-refractivity contribution in [2.45, 2.75) is 91.7 Å². The largest absolute Gasteiger partial charge is 0.452 e. The fourth-order valence-electron chi connectivity index (χ4n) is 4.35. The van der Waals surface area contributed by atoms with E-state index in [1.165, 1.54) is 16.7 Å². The quantitative estimate of drug-likeness (QED) is 0.302. The highest BCUT2D eigenvalue weighted by atomic mass is 16.5. The number of methoxy groups -OCH3 is 1. The summed E-state index contributed by atoms with van der Waals surface area (Å²) in [5, 5.41) is 0. The molecule has 1 saturated heterocycles. The number of nitrogens with zero attached hydrogens (tertiary/aromatic N) is 1. The van der Waals surface area contributed by atoms with E-state index in [0.717, 1.165) is 62.8 Å². The highest BCUT2D eigenvalue weighted by molar-refractivity contribution is 5.91. The first-order valence-corrected chi connectivity index (χ1v) is 11.5. The lowest BCUT2D eigenvalue weighted by molar-refractivity contribution is -0.139. The van der Waals surface area contributed by atoms with Gasteiger partial charge in [-0.25, -0.2) is 4.79 Å². The molecule has 2 aliphatic heterocycles. The van der Waals surface area contributed by atoms with Gasteiger partial charge in [0.2, 0.25) is 0 Å². The Bertz CT molecular complexity index is 710. The van der Waals surface area contributed by atoms with Crippen molar-refractivity contribution in [1.29, 1.82) is 0 Å². The number of ether oxygens (including phenoxy) is 2. The second-order valence-electron chi connectivity index (χ2n) is 9.04. The predicted octanol–water partition coefficient (Wildman–Crippen LogP) is 6.11. The van der Waals surface area contributed by atoms with Crippen LogP contribution in [0.25, 0.3) is 0 Å². The number of carbonyl (C=O) groups excluding carboxylic acids is 1. The number of carbonyl (C=O) groups is 1. The van der Waals surface area contributed by atoms with Crippen molar-refractivity contribution in [2.75, 3.05) is 20.3 Å². The zero-order chi connectivity index (χ0) is 22.1. The van der Waals surface area contributed by atoms with Crippen LogP contribution in [-0.2, 0) is 14.3 Å². The summed E-state index contributed by atoms with van der Waals surface area (Å²) in [4.78, 5) is 14.6. The van der Waals surface area contributed by atoms with E-state index in [2.05, 4.69) is 50.8 Å². The molecule has 0 saturated carbocycles. The van der Waals surface area contributed by atoms with Gasteiger partial charge in [0.25, 0.3) is 0 Å². The molecule has 0 bridgehead atoms. The third kappa shape index (κ3) is 7.16. The summed E-state index contributed by atoms with van der Waals surface area (Å²) >= 11 is 0. The predicted molar refractivity (Wildman–Crippen MR) is 124 cm³/mol. The van der Waals surface area contributed by atoms with Gasteiger partial charge in [0.15, 0.2) is 0 Å². The van der Waals surface area contributed by atoms with Gasteiger partial charge in [-0.15, -0.1) is 0 Å². The maximum absolute atomic E-state index is 12.3. The molecule has 0 unspecified atom stereocenters. The summed E-state index contributed by atoms with van der Waals surface area (Å²) < 4.78 is 11.1. The molecule has 0 aromatic heterocycles. The number of likely N-dealkylation sites (tertiary alicyclic amines) is 1. The van der Waals surface area contributed by atoms with Crippen molar-refractivity contribution in [2.24, 2.45) is 0 Å². The summed E-state index contributed by atoms with van der Waals surface area (Å²) in [6.45, 7) is 12.3. The maximum atomic E-state index is 12.3. The zero-order valence-corrected chi connectivity index (χ0v) is 19.9. The number of hydrogen-bond acceptors (Lipinski definition) is 4. The number of rotatable bonds is 11. The van der Waals surface area contributed by atoms with Crippen LogP contribution < -0.4 is 0 Å². The molecule has 0 spiro atoms. The number of cyclic esters (lactones) is 1. The monoisotopic (exact) mass is 415 g/mol. The van der Waals surface area contributed by atoms with E-state index in [1.807, 2.05) is 6.92 Å². The Morgan fingerprint density at radius 3 is 2.43 bits per heavy atom. The van der Waals surface area contributed by atoms with Crippen molar-refractivity contribution in [1.82, 2.24) is 4.90 Å². The molecule has 4 heteroatoms. The van der Waals surface area contributed by atoms with Gasteiger partial charge in [0.05, 0.1) is 23.9 Å². The Morgan fingerprint density at radius 2 is 1.77 bits per heavy atom. The fourth-order valence-corrected chi connectivity index (χ4v) is 4.35. The minimum absolute atomic E-state index is 0.161. The Kier molecular flexibility index (Phi) is 9.90. The van der Waals surface area contributed by atoms with Crippen LogP contribution in [0.3, 0.4) is 0 Å². The molecular formula is C26H41NO3. The van der Waals surface area contributed by atoms with Crippen LogP contribution >= 0.6 is 0 Å². The minimum atomic E-state index is -0.168. The standard InChI is InChI=1S/C26H41NO3/c1-19(2)10-7-11-20(3)12-8-13-21(4)15-16-24-25(22(5)26(28)30-24)27-17-9-14-23(27)18-29-6/h10,12,15,23-24H,7-9,11,13-14,16-18H2,1-6H3/t23-,24-/m0/s1. The van der Waals surface area contributed by atoms with E-state index < -0.39 is 0 Å². The average molecular weight is 416 g/mol. The van der Waals surface area contributed by atoms with E-state index in [-0.39, 0.29) is 12.1 Å². The Hall–Kier alpha value is -1.81. The highest BCUT2D eigenvalue weighted by Crippen LogP contribution is 2.34. The molecule has 0 radical (unpaired) electrons. The Balaban J connectivity index is 1.90. The van der Waals surface area contributed by atoms with Gasteiger partial charge >= 0.3 is 5.97 Å². The summed E-state index contributed by atoms with van der Waals surface area (Å²) in [5.41, 5.74) is 6.06. The second-order valence-corrected chi connectivity index (χ2v) is 9.04. The number of esters is 1. The lowest BCUT2D eigenvalue weighted by atomic mass is 10.0. The first-order valence-electron chi connectivity index (χ1n) is 11.5. The zero-order valence-electron chi connectivity index (χ0n) is 19.9. The molecule has 2 aliphatic rings. The van der Waals surface area contributed by atoms with Crippen LogP contribution in [-0.4, -0.2) is 43.3 Å². The lowest BCUT2D eigenvalue weighted by Crippen LogP contribution is -2.36. The van der Waals surface area contributed by atoms with Crippen LogP contribution in [0.5, 0.6) is 0 Å². The fraction of sp³-hybridized carbons (Fsp3) is 0.654. The molecule has 2 rings (SSSR count). The minimum Gasteiger partial charge on any atom is -0.452 e. The number of allylic oxidation sites excluding steroid dienone is 5. The SMILES string of the molecule is COC[C@@H]1CCCN1C1=C(C)C(=O)O[C@H]1CC=C(C)CCC=C(C)CCC=C(C)C. The van der Waals surface area contributed by atoms with E-state index in [4.69, 9.17) is 9.47 Å². The van der Waals surface area contributed by atoms with Crippen LogP contribution in [0.2, 0.25) is 0 Å². The Morgan fingerprint density at radius 1 is 1.10 bits per heavy atom. The maximum Gasteiger partial charge on any atom is 0.336 e. The normalized spacial score (nSPS) is 22.7. The van der Waals surface area contributed by atoms with Crippen molar-refractivity contribution in [3.63, 3.8) is 0 Å².